The topological polar surface area (TPSA) is 12.4 Å². The van der Waals surface area contributed by atoms with E-state index in [-0.39, 0.29) is 0 Å². The van der Waals surface area contributed by atoms with Crippen molar-refractivity contribution >= 4 is 40.3 Å². The molecule has 0 bridgehead atoms. The molecule has 0 fully saturated rings. The molecule has 0 spiro atoms. The van der Waals surface area contributed by atoms with Crippen LogP contribution in [0.2, 0.25) is 0 Å². The monoisotopic (exact) mass is 179 g/mol. The Kier molecular flexibility index (Phi) is 2.64. The van der Waals surface area contributed by atoms with E-state index in [0.717, 1.165) is 0 Å². The largest absolute Gasteiger partial charge is 0.198 e. The molecule has 0 aromatic carbocycles. The minimum absolute atomic E-state index is 0.353. The summed E-state index contributed by atoms with van der Waals surface area (Å²) in [5, 5.41) is 2.64. The van der Waals surface area contributed by atoms with Crippen LogP contribution in [0.25, 0.3) is 0 Å². The highest BCUT2D eigenvalue weighted by atomic mass is 35.5. The first kappa shape index (κ1) is 7.19. The number of nitrogens with zero attached hydrogens (tertiary/aromatic N) is 1. The van der Waals surface area contributed by atoms with E-state index >= 15 is 0 Å². The fourth-order valence-electron chi connectivity index (χ4n) is 0.348. The van der Waals surface area contributed by atoms with E-state index in [1.165, 1.54) is 11.9 Å². The number of halogens is 2. The van der Waals surface area contributed by atoms with Gasteiger partial charge in [-0.3, -0.25) is 0 Å². The maximum atomic E-state index is 5.61. The lowest BCUT2D eigenvalue weighted by Gasteiger charge is -1.87. The Balaban J connectivity index is 2.85. The van der Waals surface area contributed by atoms with Gasteiger partial charge in [-0.25, -0.2) is 0 Å². The van der Waals surface area contributed by atoms with Crippen molar-refractivity contribution in [3.63, 3.8) is 0 Å². The van der Waals surface area contributed by atoms with E-state index in [1.54, 1.807) is 17.6 Å². The van der Waals surface area contributed by atoms with Crippen molar-refractivity contribution in [2.24, 2.45) is 4.40 Å². The molecule has 0 saturated carbocycles. The molecular formula is C5H3Cl2NS. The van der Waals surface area contributed by atoms with Crippen LogP contribution >= 0.6 is 35.1 Å². The zero-order valence-electron chi connectivity index (χ0n) is 4.34. The zero-order valence-corrected chi connectivity index (χ0v) is 6.67. The van der Waals surface area contributed by atoms with Gasteiger partial charge in [0, 0.05) is 11.9 Å². The fraction of sp³-hybridized carbons (Fsp3) is 0. The van der Waals surface area contributed by atoms with Crippen molar-refractivity contribution in [1.82, 2.24) is 0 Å². The first-order chi connectivity index (χ1) is 4.30. The minimum Gasteiger partial charge on any atom is -0.198 e. The molecule has 9 heavy (non-hydrogen) atoms. The molecule has 1 aliphatic heterocycles. The molecule has 0 saturated heterocycles. The summed E-state index contributed by atoms with van der Waals surface area (Å²) in [6, 6.07) is 0. The lowest BCUT2D eigenvalue weighted by molar-refractivity contribution is 1.93. The number of allylic oxidation sites excluding steroid dienone is 3. The molecular weight excluding hydrogens is 177 g/mol. The molecule has 0 N–H and O–H groups in total. The third-order valence-corrected chi connectivity index (χ3v) is 2.07. The highest BCUT2D eigenvalue weighted by Crippen LogP contribution is 2.17. The van der Waals surface area contributed by atoms with Crippen LogP contribution in [0.15, 0.2) is 27.0 Å². The van der Waals surface area contributed by atoms with Gasteiger partial charge in [0.05, 0.1) is 5.03 Å². The van der Waals surface area contributed by atoms with Gasteiger partial charge in [0.2, 0.25) is 0 Å². The van der Waals surface area contributed by atoms with E-state index in [4.69, 9.17) is 23.2 Å². The maximum Gasteiger partial charge on any atom is 0.156 e. The predicted molar refractivity (Wildman–Crippen MR) is 44.0 cm³/mol. The summed E-state index contributed by atoms with van der Waals surface area (Å²) in [4.78, 5) is 0. The Labute approximate surface area is 67.6 Å². The summed E-state index contributed by atoms with van der Waals surface area (Å²) < 4.78 is 3.82. The van der Waals surface area contributed by atoms with Crippen molar-refractivity contribution in [1.29, 1.82) is 0 Å². The Morgan fingerprint density at radius 1 is 1.44 bits per heavy atom. The number of hydrogen-bond donors (Lipinski definition) is 0. The molecule has 0 atom stereocenters. The zero-order chi connectivity index (χ0) is 6.69. The molecule has 0 aromatic rings. The minimum atomic E-state index is 0.353. The summed E-state index contributed by atoms with van der Waals surface area (Å²) in [6.45, 7) is 0. The standard InChI is InChI=1S/C5H3Cl2NS/c6-4-2-1-3-9-8-5(4)7/h1-3H. The van der Waals surface area contributed by atoms with Gasteiger partial charge in [-0.05, 0) is 11.5 Å². The van der Waals surface area contributed by atoms with E-state index in [0.29, 0.717) is 10.2 Å². The van der Waals surface area contributed by atoms with Gasteiger partial charge < -0.3 is 0 Å². The predicted octanol–water partition coefficient (Wildman–Crippen LogP) is 2.92. The van der Waals surface area contributed by atoms with Crippen LogP contribution in [0.3, 0.4) is 0 Å². The molecule has 0 unspecified atom stereocenters. The summed E-state index contributed by atoms with van der Waals surface area (Å²) in [7, 11) is 0. The Bertz CT molecular complexity index is 195. The Morgan fingerprint density at radius 2 is 2.22 bits per heavy atom. The van der Waals surface area contributed by atoms with Crippen LogP contribution < -0.4 is 0 Å². The highest BCUT2D eigenvalue weighted by molar-refractivity contribution is 8.01. The first-order valence-corrected chi connectivity index (χ1v) is 3.82. The molecule has 4 heteroatoms. The molecule has 0 radical (unpaired) electrons. The first-order valence-electron chi connectivity index (χ1n) is 2.23. The van der Waals surface area contributed by atoms with Crippen LogP contribution in [0, 0.1) is 0 Å². The summed E-state index contributed by atoms with van der Waals surface area (Å²) in [5.41, 5.74) is 0. The molecule has 0 aliphatic carbocycles. The highest BCUT2D eigenvalue weighted by Gasteiger charge is 1.99. The fourth-order valence-corrected chi connectivity index (χ4v) is 1.10. The second kappa shape index (κ2) is 3.30. The average Bonchev–Trinajstić information content (AvgIpc) is 1.99. The SMILES string of the molecule is ClC1=CC=CSN=C1Cl. The Morgan fingerprint density at radius 3 is 3.00 bits per heavy atom. The van der Waals surface area contributed by atoms with Crippen LogP contribution in [0.5, 0.6) is 0 Å². The third-order valence-electron chi connectivity index (χ3n) is 0.712. The van der Waals surface area contributed by atoms with Crippen LogP contribution in [-0.4, -0.2) is 5.17 Å². The van der Waals surface area contributed by atoms with Crippen LogP contribution in [0.1, 0.15) is 0 Å². The molecule has 1 heterocycles. The van der Waals surface area contributed by atoms with E-state index in [9.17, 15) is 0 Å². The van der Waals surface area contributed by atoms with E-state index < -0.39 is 0 Å². The van der Waals surface area contributed by atoms with E-state index in [2.05, 4.69) is 4.40 Å². The van der Waals surface area contributed by atoms with Crippen molar-refractivity contribution in [3.05, 3.63) is 22.6 Å². The van der Waals surface area contributed by atoms with Crippen LogP contribution in [0.4, 0.5) is 0 Å². The second-order valence-corrected chi connectivity index (χ2v) is 2.76. The van der Waals surface area contributed by atoms with E-state index in [1.807, 2.05) is 0 Å². The maximum absolute atomic E-state index is 5.61. The summed E-state index contributed by atoms with van der Waals surface area (Å²) in [5.74, 6) is 0. The molecule has 0 amide bonds. The molecule has 48 valence electrons. The van der Waals surface area contributed by atoms with Crippen molar-refractivity contribution in [2.75, 3.05) is 0 Å². The lowest BCUT2D eigenvalue weighted by atomic mass is 10.5. The average molecular weight is 180 g/mol. The third kappa shape index (κ3) is 2.05. The van der Waals surface area contributed by atoms with Gasteiger partial charge in [-0.2, -0.15) is 4.40 Å². The molecule has 1 aliphatic rings. The van der Waals surface area contributed by atoms with Gasteiger partial charge in [0.25, 0.3) is 0 Å². The van der Waals surface area contributed by atoms with Crippen molar-refractivity contribution < 1.29 is 0 Å². The molecule has 1 rings (SSSR count). The van der Waals surface area contributed by atoms with Gasteiger partial charge in [-0.15, -0.1) is 0 Å². The van der Waals surface area contributed by atoms with Crippen molar-refractivity contribution in [3.8, 4) is 0 Å². The smallest absolute Gasteiger partial charge is 0.156 e. The van der Waals surface area contributed by atoms with Gasteiger partial charge in [0.1, 0.15) is 0 Å². The summed E-state index contributed by atoms with van der Waals surface area (Å²) >= 11 is 12.4. The Hall–Kier alpha value is 0.0800. The summed E-state index contributed by atoms with van der Waals surface area (Å²) in [6.07, 6.45) is 3.50. The van der Waals surface area contributed by atoms with Crippen molar-refractivity contribution in [2.45, 2.75) is 0 Å². The molecule has 1 nitrogen and oxygen atoms in total. The van der Waals surface area contributed by atoms with Gasteiger partial charge in [-0.1, -0.05) is 29.3 Å². The normalized spacial score (nSPS) is 18.4. The quantitative estimate of drug-likeness (QED) is 0.522. The van der Waals surface area contributed by atoms with Gasteiger partial charge in [0.15, 0.2) is 5.17 Å². The van der Waals surface area contributed by atoms with Crippen LogP contribution in [-0.2, 0) is 0 Å². The van der Waals surface area contributed by atoms with Gasteiger partial charge >= 0.3 is 0 Å². The second-order valence-electron chi connectivity index (χ2n) is 1.33. The number of hydrogen-bond acceptors (Lipinski definition) is 2. The molecule has 0 aromatic heterocycles. The lowest BCUT2D eigenvalue weighted by Crippen LogP contribution is -1.81. The number of rotatable bonds is 0.